The summed E-state index contributed by atoms with van der Waals surface area (Å²) in [4.78, 5) is 0. The lowest BCUT2D eigenvalue weighted by molar-refractivity contribution is 0.631. The largest absolute Gasteiger partial charge is 0.271 e. The Morgan fingerprint density at radius 3 is 2.47 bits per heavy atom. The molecule has 2 rings (SSSR count). The Balaban J connectivity index is 2.46. The van der Waals surface area contributed by atoms with Crippen LogP contribution in [0.2, 0.25) is 10.0 Å². The number of halogens is 2. The predicted octanol–water partition coefficient (Wildman–Crippen LogP) is 4.11. The highest BCUT2D eigenvalue weighted by Gasteiger charge is 2.16. The van der Waals surface area contributed by atoms with Crippen molar-refractivity contribution in [1.29, 1.82) is 0 Å². The van der Waals surface area contributed by atoms with Crippen LogP contribution in [-0.4, -0.2) is 0 Å². The molecule has 0 fully saturated rings. The van der Waals surface area contributed by atoms with Gasteiger partial charge in [-0.3, -0.25) is 5.84 Å². The fourth-order valence-electron chi connectivity index (χ4n) is 2.20. The van der Waals surface area contributed by atoms with E-state index in [1.54, 1.807) is 6.07 Å². The van der Waals surface area contributed by atoms with E-state index in [9.17, 15) is 0 Å². The lowest BCUT2D eigenvalue weighted by Gasteiger charge is -2.20. The smallest absolute Gasteiger partial charge is 0.0713 e. The number of hydrogen-bond donors (Lipinski definition) is 2. The molecular weight excluding hydrogens is 279 g/mol. The number of nitrogens with two attached hydrogens (primary N) is 1. The van der Waals surface area contributed by atoms with Crippen LogP contribution in [0, 0.1) is 0 Å². The first-order valence-electron chi connectivity index (χ1n) is 6.16. The third-order valence-corrected chi connectivity index (χ3v) is 3.93. The van der Waals surface area contributed by atoms with Crippen LogP contribution in [0.15, 0.2) is 42.5 Å². The minimum absolute atomic E-state index is 0.0917. The highest BCUT2D eigenvalue weighted by atomic mass is 35.5. The maximum Gasteiger partial charge on any atom is 0.0713 e. The van der Waals surface area contributed by atoms with Crippen molar-refractivity contribution in [2.24, 2.45) is 5.84 Å². The molecule has 0 aliphatic carbocycles. The molecule has 0 bridgehead atoms. The van der Waals surface area contributed by atoms with Crippen LogP contribution in [0.1, 0.15) is 29.7 Å². The summed E-state index contributed by atoms with van der Waals surface area (Å²) >= 11 is 12.0. The van der Waals surface area contributed by atoms with Crippen molar-refractivity contribution in [3.63, 3.8) is 0 Å². The maximum atomic E-state index is 6.08. The molecule has 1 atom stereocenters. The summed E-state index contributed by atoms with van der Waals surface area (Å²) in [6, 6.07) is 13.7. The molecule has 0 spiro atoms. The lowest BCUT2D eigenvalue weighted by atomic mass is 9.94. The van der Waals surface area contributed by atoms with E-state index in [-0.39, 0.29) is 6.04 Å². The Bertz CT molecular complexity index is 570. The Morgan fingerprint density at radius 1 is 1.11 bits per heavy atom. The van der Waals surface area contributed by atoms with Crippen LogP contribution in [0.3, 0.4) is 0 Å². The quantitative estimate of drug-likeness (QED) is 0.658. The van der Waals surface area contributed by atoms with E-state index in [0.29, 0.717) is 10.0 Å². The SMILES string of the molecule is CCc1ccccc1C(NN)c1ccc(Cl)c(Cl)c1. The molecule has 0 saturated heterocycles. The van der Waals surface area contributed by atoms with Crippen molar-refractivity contribution >= 4 is 23.2 Å². The molecular formula is C15H16Cl2N2. The molecule has 0 radical (unpaired) electrons. The standard InChI is InChI=1S/C15H16Cl2N2/c1-2-10-5-3-4-6-12(10)15(19-18)11-7-8-13(16)14(17)9-11/h3-9,15,19H,2,18H2,1H3. The summed E-state index contributed by atoms with van der Waals surface area (Å²) in [5, 5.41) is 1.08. The number of hydrazine groups is 1. The summed E-state index contributed by atoms with van der Waals surface area (Å²) in [6.45, 7) is 2.13. The highest BCUT2D eigenvalue weighted by molar-refractivity contribution is 6.42. The van der Waals surface area contributed by atoms with Crippen molar-refractivity contribution in [2.45, 2.75) is 19.4 Å². The van der Waals surface area contributed by atoms with Crippen LogP contribution >= 0.6 is 23.2 Å². The number of benzene rings is 2. The first-order valence-corrected chi connectivity index (χ1v) is 6.91. The molecule has 2 aromatic rings. The van der Waals surface area contributed by atoms with Crippen LogP contribution in [-0.2, 0) is 6.42 Å². The molecule has 4 heteroatoms. The van der Waals surface area contributed by atoms with Gasteiger partial charge in [0.25, 0.3) is 0 Å². The van der Waals surface area contributed by atoms with Gasteiger partial charge >= 0.3 is 0 Å². The van der Waals surface area contributed by atoms with Gasteiger partial charge in [0, 0.05) is 0 Å². The van der Waals surface area contributed by atoms with Crippen molar-refractivity contribution in [1.82, 2.24) is 5.43 Å². The summed E-state index contributed by atoms with van der Waals surface area (Å²) in [5.41, 5.74) is 6.27. The van der Waals surface area contributed by atoms with Crippen molar-refractivity contribution in [2.75, 3.05) is 0 Å². The fourth-order valence-corrected chi connectivity index (χ4v) is 2.50. The topological polar surface area (TPSA) is 38.0 Å². The summed E-state index contributed by atoms with van der Waals surface area (Å²) in [7, 11) is 0. The average Bonchev–Trinajstić information content (AvgIpc) is 2.44. The number of aryl methyl sites for hydroxylation is 1. The van der Waals surface area contributed by atoms with Crippen LogP contribution in [0.25, 0.3) is 0 Å². The minimum atomic E-state index is -0.0917. The molecule has 0 amide bonds. The summed E-state index contributed by atoms with van der Waals surface area (Å²) < 4.78 is 0. The zero-order valence-electron chi connectivity index (χ0n) is 10.7. The van der Waals surface area contributed by atoms with Crippen LogP contribution in [0.4, 0.5) is 0 Å². The van der Waals surface area contributed by atoms with E-state index in [0.717, 1.165) is 17.5 Å². The molecule has 19 heavy (non-hydrogen) atoms. The van der Waals surface area contributed by atoms with Crippen LogP contribution in [0.5, 0.6) is 0 Å². The van der Waals surface area contributed by atoms with Gasteiger partial charge in [-0.2, -0.15) is 0 Å². The van der Waals surface area contributed by atoms with Gasteiger partial charge < -0.3 is 0 Å². The Hall–Kier alpha value is -1.06. The van der Waals surface area contributed by atoms with Crippen LogP contribution < -0.4 is 11.3 Å². The number of rotatable bonds is 4. The third-order valence-electron chi connectivity index (χ3n) is 3.19. The van der Waals surface area contributed by atoms with Crippen molar-refractivity contribution < 1.29 is 0 Å². The molecule has 0 saturated carbocycles. The predicted molar refractivity (Wildman–Crippen MR) is 81.4 cm³/mol. The molecule has 2 nitrogen and oxygen atoms in total. The zero-order chi connectivity index (χ0) is 13.8. The van der Waals surface area contributed by atoms with E-state index in [1.807, 2.05) is 24.3 Å². The van der Waals surface area contributed by atoms with E-state index in [1.165, 1.54) is 5.56 Å². The van der Waals surface area contributed by atoms with Gasteiger partial charge in [-0.05, 0) is 35.2 Å². The minimum Gasteiger partial charge on any atom is -0.271 e. The molecule has 2 aromatic carbocycles. The van der Waals surface area contributed by atoms with Gasteiger partial charge in [-0.25, -0.2) is 5.43 Å². The molecule has 0 aromatic heterocycles. The van der Waals surface area contributed by atoms with Crippen molar-refractivity contribution in [3.8, 4) is 0 Å². The highest BCUT2D eigenvalue weighted by Crippen LogP contribution is 2.30. The van der Waals surface area contributed by atoms with Gasteiger partial charge in [0.15, 0.2) is 0 Å². The first kappa shape index (κ1) is 14.4. The molecule has 1 unspecified atom stereocenters. The lowest BCUT2D eigenvalue weighted by Crippen LogP contribution is -2.29. The molecule has 0 aliphatic heterocycles. The second-order valence-electron chi connectivity index (χ2n) is 4.33. The second kappa shape index (κ2) is 6.40. The number of nitrogens with one attached hydrogen (secondary N) is 1. The maximum absolute atomic E-state index is 6.08. The fraction of sp³-hybridized carbons (Fsp3) is 0.200. The van der Waals surface area contributed by atoms with E-state index >= 15 is 0 Å². The van der Waals surface area contributed by atoms with E-state index < -0.39 is 0 Å². The molecule has 100 valence electrons. The zero-order valence-corrected chi connectivity index (χ0v) is 12.2. The second-order valence-corrected chi connectivity index (χ2v) is 5.14. The molecule has 0 aliphatic rings. The molecule has 0 heterocycles. The normalized spacial score (nSPS) is 12.4. The van der Waals surface area contributed by atoms with E-state index in [2.05, 4.69) is 24.5 Å². The third kappa shape index (κ3) is 3.10. The molecule has 3 N–H and O–H groups in total. The number of hydrogen-bond acceptors (Lipinski definition) is 2. The van der Waals surface area contributed by atoms with Gasteiger partial charge in [-0.15, -0.1) is 0 Å². The van der Waals surface area contributed by atoms with Gasteiger partial charge in [-0.1, -0.05) is 60.5 Å². The van der Waals surface area contributed by atoms with Gasteiger partial charge in [0.05, 0.1) is 16.1 Å². The summed E-state index contributed by atoms with van der Waals surface area (Å²) in [6.07, 6.45) is 0.954. The Kier molecular flexibility index (Phi) is 4.83. The van der Waals surface area contributed by atoms with Gasteiger partial charge in [0.1, 0.15) is 0 Å². The average molecular weight is 295 g/mol. The Morgan fingerprint density at radius 2 is 1.84 bits per heavy atom. The van der Waals surface area contributed by atoms with Gasteiger partial charge in [0.2, 0.25) is 0 Å². The van der Waals surface area contributed by atoms with E-state index in [4.69, 9.17) is 29.0 Å². The Labute approximate surface area is 123 Å². The summed E-state index contributed by atoms with van der Waals surface area (Å²) in [5.74, 6) is 5.72. The van der Waals surface area contributed by atoms with Crippen molar-refractivity contribution in [3.05, 3.63) is 69.2 Å². The first-order chi connectivity index (χ1) is 9.17. The monoisotopic (exact) mass is 294 g/mol.